The monoisotopic (exact) mass is 276 g/mol. The summed E-state index contributed by atoms with van der Waals surface area (Å²) in [6.45, 7) is 1.48. The molecule has 110 valence electrons. The Morgan fingerprint density at radius 3 is 2.55 bits per heavy atom. The van der Waals surface area contributed by atoms with Crippen molar-refractivity contribution >= 4 is 5.91 Å². The molecule has 0 atom stereocenters. The Morgan fingerprint density at radius 2 is 1.95 bits per heavy atom. The van der Waals surface area contributed by atoms with Crippen LogP contribution in [0.15, 0.2) is 24.3 Å². The first-order valence-electron chi connectivity index (χ1n) is 7.35. The Kier molecular flexibility index (Phi) is 5.41. The van der Waals surface area contributed by atoms with Gasteiger partial charge >= 0.3 is 0 Å². The van der Waals surface area contributed by atoms with Crippen LogP contribution in [0.1, 0.15) is 31.2 Å². The van der Waals surface area contributed by atoms with E-state index in [2.05, 4.69) is 0 Å². The molecule has 1 aromatic carbocycles. The molecule has 2 N–H and O–H groups in total. The van der Waals surface area contributed by atoms with Crippen molar-refractivity contribution in [2.45, 2.75) is 32.2 Å². The number of nitrogens with two attached hydrogens (primary N) is 1. The standard InChI is InChI=1S/C16H24N2O2/c1-18(11-14-4-2-3-5-14)16(19)12-20-15-8-6-13(10-17)7-9-15/h6-9,14H,2-5,10-12,17H2,1H3. The second kappa shape index (κ2) is 7.29. The molecule has 1 aliphatic carbocycles. The highest BCUT2D eigenvalue weighted by molar-refractivity contribution is 5.77. The van der Waals surface area contributed by atoms with Crippen molar-refractivity contribution in [1.82, 2.24) is 4.90 Å². The first-order chi connectivity index (χ1) is 9.69. The zero-order chi connectivity index (χ0) is 14.4. The number of hydrogen-bond donors (Lipinski definition) is 1. The third kappa shape index (κ3) is 4.23. The zero-order valence-electron chi connectivity index (χ0n) is 12.2. The van der Waals surface area contributed by atoms with Crippen LogP contribution in [0.25, 0.3) is 0 Å². The number of nitrogens with zero attached hydrogens (tertiary/aromatic N) is 1. The van der Waals surface area contributed by atoms with Crippen LogP contribution >= 0.6 is 0 Å². The van der Waals surface area contributed by atoms with Crippen molar-refractivity contribution in [3.8, 4) is 5.75 Å². The lowest BCUT2D eigenvalue weighted by atomic mass is 10.1. The van der Waals surface area contributed by atoms with Gasteiger partial charge in [-0.05, 0) is 36.5 Å². The number of hydrogen-bond acceptors (Lipinski definition) is 3. The first-order valence-corrected chi connectivity index (χ1v) is 7.35. The lowest BCUT2D eigenvalue weighted by Crippen LogP contribution is -2.34. The average Bonchev–Trinajstić information content (AvgIpc) is 2.98. The van der Waals surface area contributed by atoms with E-state index in [9.17, 15) is 4.79 Å². The molecular weight excluding hydrogens is 252 g/mol. The fourth-order valence-corrected chi connectivity index (χ4v) is 2.66. The second-order valence-electron chi connectivity index (χ2n) is 5.56. The van der Waals surface area contributed by atoms with E-state index in [0.717, 1.165) is 12.1 Å². The normalized spacial score (nSPS) is 15.3. The van der Waals surface area contributed by atoms with Gasteiger partial charge in [0, 0.05) is 20.1 Å². The van der Waals surface area contributed by atoms with Crippen LogP contribution in [0.2, 0.25) is 0 Å². The average molecular weight is 276 g/mol. The van der Waals surface area contributed by atoms with Crippen LogP contribution < -0.4 is 10.5 Å². The minimum Gasteiger partial charge on any atom is -0.484 e. The van der Waals surface area contributed by atoms with E-state index in [-0.39, 0.29) is 12.5 Å². The van der Waals surface area contributed by atoms with Gasteiger partial charge in [0.25, 0.3) is 5.91 Å². The molecule has 20 heavy (non-hydrogen) atoms. The van der Waals surface area contributed by atoms with Gasteiger partial charge in [-0.3, -0.25) is 4.79 Å². The second-order valence-corrected chi connectivity index (χ2v) is 5.56. The number of amides is 1. The number of likely N-dealkylation sites (N-methyl/N-ethyl adjacent to an activating group) is 1. The van der Waals surface area contributed by atoms with Crippen LogP contribution in [0.3, 0.4) is 0 Å². The number of ether oxygens (including phenoxy) is 1. The quantitative estimate of drug-likeness (QED) is 0.866. The zero-order valence-corrected chi connectivity index (χ0v) is 12.2. The van der Waals surface area contributed by atoms with E-state index in [1.807, 2.05) is 31.3 Å². The maximum Gasteiger partial charge on any atom is 0.260 e. The fraction of sp³-hybridized carbons (Fsp3) is 0.562. The lowest BCUT2D eigenvalue weighted by molar-refractivity contribution is -0.132. The summed E-state index contributed by atoms with van der Waals surface area (Å²) in [7, 11) is 1.86. The number of carbonyl (C=O) groups excluding carboxylic acids is 1. The Bertz CT molecular complexity index is 425. The lowest BCUT2D eigenvalue weighted by Gasteiger charge is -2.21. The van der Waals surface area contributed by atoms with E-state index in [0.29, 0.717) is 18.2 Å². The molecule has 1 fully saturated rings. The van der Waals surface area contributed by atoms with Crippen molar-refractivity contribution in [1.29, 1.82) is 0 Å². The van der Waals surface area contributed by atoms with E-state index in [4.69, 9.17) is 10.5 Å². The highest BCUT2D eigenvalue weighted by Crippen LogP contribution is 2.25. The van der Waals surface area contributed by atoms with Crippen molar-refractivity contribution in [2.75, 3.05) is 20.2 Å². The molecule has 4 heteroatoms. The summed E-state index contributed by atoms with van der Waals surface area (Å²) in [4.78, 5) is 13.8. The van der Waals surface area contributed by atoms with Crippen LogP contribution in [-0.2, 0) is 11.3 Å². The van der Waals surface area contributed by atoms with Gasteiger partial charge in [-0.15, -0.1) is 0 Å². The highest BCUT2D eigenvalue weighted by Gasteiger charge is 2.19. The van der Waals surface area contributed by atoms with Crippen molar-refractivity contribution in [3.63, 3.8) is 0 Å². The third-order valence-electron chi connectivity index (χ3n) is 3.95. The molecule has 0 saturated heterocycles. The Balaban J connectivity index is 1.75. The van der Waals surface area contributed by atoms with E-state index < -0.39 is 0 Å². The molecule has 0 spiro atoms. The smallest absolute Gasteiger partial charge is 0.260 e. The van der Waals surface area contributed by atoms with Gasteiger partial charge in [0.2, 0.25) is 0 Å². The molecule has 4 nitrogen and oxygen atoms in total. The van der Waals surface area contributed by atoms with Gasteiger partial charge in [-0.1, -0.05) is 25.0 Å². The van der Waals surface area contributed by atoms with Crippen LogP contribution in [0.5, 0.6) is 5.75 Å². The summed E-state index contributed by atoms with van der Waals surface area (Å²) in [5.41, 5.74) is 6.60. The Hall–Kier alpha value is -1.55. The van der Waals surface area contributed by atoms with Gasteiger partial charge in [0.05, 0.1) is 0 Å². The maximum atomic E-state index is 12.0. The molecule has 0 radical (unpaired) electrons. The summed E-state index contributed by atoms with van der Waals surface area (Å²) < 4.78 is 5.52. The van der Waals surface area contributed by atoms with Gasteiger partial charge in [0.1, 0.15) is 5.75 Å². The SMILES string of the molecule is CN(CC1CCCC1)C(=O)COc1ccc(CN)cc1. The van der Waals surface area contributed by atoms with Crippen molar-refractivity contribution < 1.29 is 9.53 Å². The third-order valence-corrected chi connectivity index (χ3v) is 3.95. The van der Waals surface area contributed by atoms with E-state index >= 15 is 0 Å². The van der Waals surface area contributed by atoms with E-state index in [1.54, 1.807) is 4.90 Å². The minimum absolute atomic E-state index is 0.0415. The van der Waals surface area contributed by atoms with Gasteiger partial charge in [-0.25, -0.2) is 0 Å². The molecule has 0 aromatic heterocycles. The summed E-state index contributed by atoms with van der Waals surface area (Å²) >= 11 is 0. The molecule has 1 saturated carbocycles. The topological polar surface area (TPSA) is 55.6 Å². The number of rotatable bonds is 6. The molecule has 0 aliphatic heterocycles. The van der Waals surface area contributed by atoms with Gasteiger partial charge < -0.3 is 15.4 Å². The molecular formula is C16H24N2O2. The van der Waals surface area contributed by atoms with E-state index in [1.165, 1.54) is 25.7 Å². The highest BCUT2D eigenvalue weighted by atomic mass is 16.5. The summed E-state index contributed by atoms with van der Waals surface area (Å²) in [6, 6.07) is 7.54. The Labute approximate surface area is 120 Å². The van der Waals surface area contributed by atoms with Crippen molar-refractivity contribution in [3.05, 3.63) is 29.8 Å². The summed E-state index contributed by atoms with van der Waals surface area (Å²) in [6.07, 6.45) is 5.10. The molecule has 1 aromatic rings. The summed E-state index contributed by atoms with van der Waals surface area (Å²) in [5, 5.41) is 0. The van der Waals surface area contributed by atoms with Gasteiger partial charge in [0.15, 0.2) is 6.61 Å². The van der Waals surface area contributed by atoms with Crippen LogP contribution in [-0.4, -0.2) is 31.0 Å². The molecule has 0 heterocycles. The van der Waals surface area contributed by atoms with Crippen LogP contribution in [0, 0.1) is 5.92 Å². The minimum atomic E-state index is 0.0415. The molecule has 1 aliphatic rings. The molecule has 0 bridgehead atoms. The largest absolute Gasteiger partial charge is 0.484 e. The van der Waals surface area contributed by atoms with Crippen molar-refractivity contribution in [2.24, 2.45) is 11.7 Å². The predicted molar refractivity (Wildman–Crippen MR) is 79.4 cm³/mol. The van der Waals surface area contributed by atoms with Crippen LogP contribution in [0.4, 0.5) is 0 Å². The summed E-state index contributed by atoms with van der Waals surface area (Å²) in [5.74, 6) is 1.43. The maximum absolute atomic E-state index is 12.0. The molecule has 1 amide bonds. The molecule has 0 unspecified atom stereocenters. The first kappa shape index (κ1) is 14.9. The number of benzene rings is 1. The Morgan fingerprint density at radius 1 is 1.30 bits per heavy atom. The van der Waals surface area contributed by atoms with Gasteiger partial charge in [-0.2, -0.15) is 0 Å². The fourth-order valence-electron chi connectivity index (χ4n) is 2.66. The predicted octanol–water partition coefficient (Wildman–Crippen LogP) is 2.17. The number of carbonyl (C=O) groups is 1. The molecule has 2 rings (SSSR count).